The summed E-state index contributed by atoms with van der Waals surface area (Å²) in [6.07, 6.45) is -1.32. The maximum Gasteiger partial charge on any atom is 0.423 e. The number of nitrogens with one attached hydrogen (secondary N) is 1. The number of amides is 1. The average molecular weight is 609 g/mol. The van der Waals surface area contributed by atoms with Crippen LogP contribution in [0, 0.1) is 11.3 Å². The highest BCUT2D eigenvalue weighted by atomic mass is 28.3. The summed E-state index contributed by atoms with van der Waals surface area (Å²) in [7, 11) is -1.40. The lowest BCUT2D eigenvalue weighted by Crippen LogP contribution is -2.49. The highest BCUT2D eigenvalue weighted by molar-refractivity contribution is 6.76. The standard InChI is InChI=1S/C26H35F3N8O4Si/c1-19(34-21-16-32-37(18-40-11-12-42(2,3)4)25(39)24(21)26(27,28)29)14-33-41-17-23(38)36-9-7-35(8-10-36)22-6-5-20(13-30)15-31-22/h5-6,14-16,19,34H,7-12,17-18H2,1-4H3/b33-14+/t19-/m0/s1. The molecule has 1 amide bonds. The van der Waals surface area contributed by atoms with E-state index >= 15 is 0 Å². The van der Waals surface area contributed by atoms with Crippen LogP contribution >= 0.6 is 0 Å². The van der Waals surface area contributed by atoms with E-state index in [1.165, 1.54) is 19.3 Å². The number of oxime groups is 1. The number of hydrogen-bond donors (Lipinski definition) is 1. The lowest BCUT2D eigenvalue weighted by molar-refractivity contribution is -0.139. The van der Waals surface area contributed by atoms with Crippen LogP contribution in [0.3, 0.4) is 0 Å². The molecule has 12 nitrogen and oxygen atoms in total. The normalized spacial score (nSPS) is 15.0. The molecule has 228 valence electrons. The fourth-order valence-electron chi connectivity index (χ4n) is 3.92. The van der Waals surface area contributed by atoms with Crippen LogP contribution < -0.4 is 15.8 Å². The number of piperazine rings is 1. The molecule has 3 heterocycles. The van der Waals surface area contributed by atoms with E-state index in [1.54, 1.807) is 17.0 Å². The van der Waals surface area contributed by atoms with Crippen molar-refractivity contribution in [2.75, 3.05) is 49.6 Å². The first-order valence-corrected chi connectivity index (χ1v) is 17.0. The number of nitrogens with zero attached hydrogens (tertiary/aromatic N) is 7. The Morgan fingerprint density at radius 3 is 2.55 bits per heavy atom. The second kappa shape index (κ2) is 14.3. The molecule has 0 radical (unpaired) electrons. The van der Waals surface area contributed by atoms with Crippen LogP contribution in [0.5, 0.6) is 0 Å². The second-order valence-corrected chi connectivity index (χ2v) is 16.6. The molecule has 1 N–H and O–H groups in total. The van der Waals surface area contributed by atoms with E-state index in [-0.39, 0.29) is 19.2 Å². The Kier molecular flexibility index (Phi) is 11.1. The zero-order valence-electron chi connectivity index (χ0n) is 24.0. The number of aromatic nitrogens is 3. The molecule has 1 saturated heterocycles. The number of carbonyl (C=O) groups is 1. The summed E-state index contributed by atoms with van der Waals surface area (Å²) in [5.41, 5.74) is -2.75. The zero-order chi connectivity index (χ0) is 30.9. The van der Waals surface area contributed by atoms with Crippen LogP contribution in [0.2, 0.25) is 25.7 Å². The number of alkyl halides is 3. The maximum absolute atomic E-state index is 13.8. The molecule has 1 fully saturated rings. The maximum atomic E-state index is 13.8. The number of hydrogen-bond acceptors (Lipinski definition) is 10. The second-order valence-electron chi connectivity index (χ2n) is 10.9. The third-order valence-corrected chi connectivity index (χ3v) is 8.00. The molecule has 2 aromatic heterocycles. The van der Waals surface area contributed by atoms with E-state index in [2.05, 4.69) is 40.2 Å². The molecule has 42 heavy (non-hydrogen) atoms. The molecule has 0 aliphatic carbocycles. The topological polar surface area (TPSA) is 138 Å². The number of rotatable bonds is 12. The molecule has 1 aliphatic heterocycles. The van der Waals surface area contributed by atoms with Gasteiger partial charge in [-0.1, -0.05) is 24.8 Å². The molecule has 2 aromatic rings. The molecule has 1 atom stereocenters. The molecule has 3 rings (SSSR count). The van der Waals surface area contributed by atoms with Crippen molar-refractivity contribution >= 4 is 31.7 Å². The van der Waals surface area contributed by atoms with Gasteiger partial charge in [0.25, 0.3) is 11.5 Å². The van der Waals surface area contributed by atoms with Gasteiger partial charge in [-0.3, -0.25) is 9.59 Å². The van der Waals surface area contributed by atoms with Gasteiger partial charge >= 0.3 is 6.18 Å². The number of halogens is 3. The molecular weight excluding hydrogens is 573 g/mol. The summed E-state index contributed by atoms with van der Waals surface area (Å²) in [6, 6.07) is 5.47. The van der Waals surface area contributed by atoms with E-state index in [4.69, 9.17) is 14.8 Å². The van der Waals surface area contributed by atoms with Gasteiger partial charge in [0, 0.05) is 47.1 Å². The van der Waals surface area contributed by atoms with Gasteiger partial charge in [-0.15, -0.1) is 0 Å². The monoisotopic (exact) mass is 608 g/mol. The van der Waals surface area contributed by atoms with Gasteiger partial charge in [0.05, 0.1) is 29.7 Å². The first kappa shape index (κ1) is 32.5. The largest absolute Gasteiger partial charge is 0.423 e. The minimum atomic E-state index is -4.93. The summed E-state index contributed by atoms with van der Waals surface area (Å²) in [5, 5.41) is 19.0. The van der Waals surface area contributed by atoms with Crippen LogP contribution in [0.15, 0.2) is 34.5 Å². The zero-order valence-corrected chi connectivity index (χ0v) is 25.0. The quantitative estimate of drug-likeness (QED) is 0.167. The van der Waals surface area contributed by atoms with Crippen LogP contribution in [-0.2, 0) is 27.3 Å². The van der Waals surface area contributed by atoms with E-state index in [1.807, 2.05) is 11.0 Å². The summed E-state index contributed by atoms with van der Waals surface area (Å²) < 4.78 is 47.4. The van der Waals surface area contributed by atoms with Crippen molar-refractivity contribution in [2.45, 2.75) is 51.6 Å². The highest BCUT2D eigenvalue weighted by Crippen LogP contribution is 2.31. The summed E-state index contributed by atoms with van der Waals surface area (Å²) in [5.74, 6) is 0.426. The van der Waals surface area contributed by atoms with Gasteiger partial charge in [-0.2, -0.15) is 23.5 Å². The van der Waals surface area contributed by atoms with Crippen molar-refractivity contribution in [3.05, 3.63) is 46.0 Å². The van der Waals surface area contributed by atoms with Crippen LogP contribution in [-0.4, -0.2) is 85.3 Å². The predicted octanol–water partition coefficient (Wildman–Crippen LogP) is 2.99. The smallest absolute Gasteiger partial charge is 0.386 e. The predicted molar refractivity (Wildman–Crippen MR) is 153 cm³/mol. The van der Waals surface area contributed by atoms with Gasteiger partial charge in [0.1, 0.15) is 24.2 Å². The van der Waals surface area contributed by atoms with E-state index < -0.39 is 37.1 Å². The van der Waals surface area contributed by atoms with Crippen LogP contribution in [0.25, 0.3) is 0 Å². The number of pyridine rings is 1. The highest BCUT2D eigenvalue weighted by Gasteiger charge is 2.38. The first-order chi connectivity index (χ1) is 19.8. The van der Waals surface area contributed by atoms with Gasteiger partial charge < -0.3 is 24.7 Å². The Balaban J connectivity index is 1.49. The van der Waals surface area contributed by atoms with Crippen molar-refractivity contribution in [1.29, 1.82) is 5.26 Å². The third kappa shape index (κ3) is 9.55. The van der Waals surface area contributed by atoms with E-state index in [0.29, 0.717) is 43.0 Å². The van der Waals surface area contributed by atoms with Crippen molar-refractivity contribution < 1.29 is 27.5 Å². The Morgan fingerprint density at radius 2 is 1.95 bits per heavy atom. The SMILES string of the molecule is C[C@@H](/C=N/OCC(=O)N1CCN(c2ccc(C#N)cn2)CC1)Nc1cnn(COCC[Si](C)(C)C)c(=O)c1C(F)(F)F. The van der Waals surface area contributed by atoms with E-state index in [0.717, 1.165) is 18.1 Å². The molecule has 0 aromatic carbocycles. The third-order valence-electron chi connectivity index (χ3n) is 6.30. The summed E-state index contributed by atoms with van der Waals surface area (Å²) in [4.78, 5) is 38.0. The lowest BCUT2D eigenvalue weighted by atomic mass is 10.2. The van der Waals surface area contributed by atoms with Gasteiger partial charge in [-0.05, 0) is 25.1 Å². The molecule has 0 unspecified atom stereocenters. The fraction of sp³-hybridized carbons (Fsp3) is 0.538. The Labute approximate surface area is 242 Å². The van der Waals surface area contributed by atoms with Crippen molar-refractivity contribution in [2.24, 2.45) is 5.16 Å². The number of carbonyl (C=O) groups excluding carboxylic acids is 1. The van der Waals surface area contributed by atoms with Gasteiger partial charge in [0.2, 0.25) is 0 Å². The number of ether oxygens (including phenoxy) is 1. The van der Waals surface area contributed by atoms with Crippen molar-refractivity contribution in [3.63, 3.8) is 0 Å². The van der Waals surface area contributed by atoms with Crippen LogP contribution in [0.1, 0.15) is 18.1 Å². The molecule has 0 saturated carbocycles. The molecule has 0 spiro atoms. The Morgan fingerprint density at radius 1 is 1.24 bits per heavy atom. The molecule has 16 heteroatoms. The average Bonchev–Trinajstić information content (AvgIpc) is 2.93. The Hall–Kier alpha value is -3.97. The fourth-order valence-corrected chi connectivity index (χ4v) is 4.67. The van der Waals surface area contributed by atoms with E-state index in [9.17, 15) is 22.8 Å². The molecular formula is C26H35F3N8O4Si. The van der Waals surface area contributed by atoms with Crippen LogP contribution in [0.4, 0.5) is 24.7 Å². The van der Waals surface area contributed by atoms with Gasteiger partial charge in [0.15, 0.2) is 6.61 Å². The number of anilines is 2. The van der Waals surface area contributed by atoms with Crippen molar-refractivity contribution in [1.82, 2.24) is 19.7 Å². The first-order valence-electron chi connectivity index (χ1n) is 13.3. The minimum absolute atomic E-state index is 0.292. The summed E-state index contributed by atoms with van der Waals surface area (Å²) >= 11 is 0. The molecule has 1 aliphatic rings. The summed E-state index contributed by atoms with van der Waals surface area (Å²) in [6.45, 7) is 9.49. The Bertz CT molecular complexity index is 1330. The number of nitriles is 1. The lowest BCUT2D eigenvalue weighted by Gasteiger charge is -2.35. The molecule has 0 bridgehead atoms. The van der Waals surface area contributed by atoms with Gasteiger partial charge in [-0.25, -0.2) is 9.67 Å². The minimum Gasteiger partial charge on any atom is -0.386 e. The van der Waals surface area contributed by atoms with Crippen molar-refractivity contribution in [3.8, 4) is 6.07 Å².